The van der Waals surface area contributed by atoms with Crippen LogP contribution in [-0.2, 0) is 24.1 Å². The first-order valence-corrected chi connectivity index (χ1v) is 7.15. The Labute approximate surface area is 119 Å². The minimum absolute atomic E-state index is 0.0878. The second-order valence-corrected chi connectivity index (χ2v) is 5.46. The maximum absolute atomic E-state index is 10.7. The minimum atomic E-state index is -0.786. The van der Waals surface area contributed by atoms with Gasteiger partial charge in [-0.2, -0.15) is 0 Å². The van der Waals surface area contributed by atoms with Crippen molar-refractivity contribution in [2.24, 2.45) is 0 Å². The van der Waals surface area contributed by atoms with E-state index in [1.54, 1.807) is 0 Å². The predicted molar refractivity (Wildman–Crippen MR) is 79.9 cm³/mol. The van der Waals surface area contributed by atoms with Crippen LogP contribution in [0.1, 0.15) is 29.5 Å². The topological polar surface area (TPSA) is 37.3 Å². The molecule has 1 aliphatic rings. The molecular formula is C18H18O2. The van der Waals surface area contributed by atoms with Crippen LogP contribution in [0.15, 0.2) is 42.5 Å². The molecule has 0 heterocycles. The monoisotopic (exact) mass is 266 g/mol. The maximum Gasteiger partial charge on any atom is 0.307 e. The molecular weight excluding hydrogens is 248 g/mol. The number of fused-ring (bicyclic) bond motifs is 1. The van der Waals surface area contributed by atoms with Gasteiger partial charge in [0.25, 0.3) is 0 Å². The van der Waals surface area contributed by atoms with E-state index in [0.29, 0.717) is 0 Å². The Hall–Kier alpha value is -2.09. The van der Waals surface area contributed by atoms with Gasteiger partial charge in [-0.25, -0.2) is 0 Å². The molecule has 0 aliphatic heterocycles. The molecule has 0 unspecified atom stereocenters. The zero-order valence-electron chi connectivity index (χ0n) is 11.4. The van der Waals surface area contributed by atoms with Crippen LogP contribution in [0.4, 0.5) is 0 Å². The number of benzene rings is 2. The smallest absolute Gasteiger partial charge is 0.307 e. The number of rotatable bonds is 3. The van der Waals surface area contributed by atoms with Gasteiger partial charge in [0.15, 0.2) is 0 Å². The van der Waals surface area contributed by atoms with Crippen LogP contribution in [0, 0.1) is 0 Å². The second kappa shape index (κ2) is 5.49. The van der Waals surface area contributed by atoms with Crippen LogP contribution in [0.2, 0.25) is 0 Å². The average Bonchev–Trinajstić information content (AvgIpc) is 2.47. The molecule has 0 bridgehead atoms. The number of aryl methyl sites for hydroxylation is 2. The van der Waals surface area contributed by atoms with Crippen molar-refractivity contribution in [1.29, 1.82) is 0 Å². The Morgan fingerprint density at radius 1 is 0.900 bits per heavy atom. The maximum atomic E-state index is 10.7. The van der Waals surface area contributed by atoms with Crippen molar-refractivity contribution in [2.75, 3.05) is 0 Å². The summed E-state index contributed by atoms with van der Waals surface area (Å²) in [6.07, 6.45) is 5.06. The zero-order chi connectivity index (χ0) is 13.9. The highest BCUT2D eigenvalue weighted by molar-refractivity contribution is 5.71. The number of carboxylic acids is 1. The molecule has 20 heavy (non-hydrogen) atoms. The van der Waals surface area contributed by atoms with Crippen molar-refractivity contribution in [1.82, 2.24) is 0 Å². The number of carbonyl (C=O) groups is 1. The zero-order valence-corrected chi connectivity index (χ0v) is 11.4. The molecule has 1 aliphatic carbocycles. The Balaban J connectivity index is 1.87. The van der Waals surface area contributed by atoms with E-state index in [2.05, 4.69) is 18.2 Å². The summed E-state index contributed by atoms with van der Waals surface area (Å²) >= 11 is 0. The van der Waals surface area contributed by atoms with Crippen molar-refractivity contribution in [3.63, 3.8) is 0 Å². The van der Waals surface area contributed by atoms with Gasteiger partial charge in [0, 0.05) is 0 Å². The number of aliphatic carboxylic acids is 1. The molecule has 1 N–H and O–H groups in total. The van der Waals surface area contributed by atoms with E-state index in [0.717, 1.165) is 11.1 Å². The van der Waals surface area contributed by atoms with Crippen LogP contribution < -0.4 is 0 Å². The third-order valence-electron chi connectivity index (χ3n) is 3.99. The summed E-state index contributed by atoms with van der Waals surface area (Å²) in [5.41, 5.74) is 6.20. The lowest BCUT2D eigenvalue weighted by Gasteiger charge is -2.16. The molecule has 102 valence electrons. The standard InChI is InChI=1S/C18H18O2/c19-18(20)11-13-5-7-15(8-6-13)17-10-9-14-3-1-2-4-16(14)12-17/h5-10,12H,1-4,11H2,(H,19,20). The quantitative estimate of drug-likeness (QED) is 0.916. The fourth-order valence-electron chi connectivity index (χ4n) is 2.90. The average molecular weight is 266 g/mol. The number of carboxylic acid groups (broad SMARTS) is 1. The van der Waals surface area contributed by atoms with Gasteiger partial charge >= 0.3 is 5.97 Å². The largest absolute Gasteiger partial charge is 0.481 e. The first kappa shape index (κ1) is 12.9. The fourth-order valence-corrected chi connectivity index (χ4v) is 2.90. The van der Waals surface area contributed by atoms with E-state index in [1.807, 2.05) is 24.3 Å². The SMILES string of the molecule is O=C(O)Cc1ccc(-c2ccc3c(c2)CCCC3)cc1. The molecule has 0 amide bonds. The van der Waals surface area contributed by atoms with Crippen molar-refractivity contribution >= 4 is 5.97 Å². The van der Waals surface area contributed by atoms with Crippen LogP contribution in [0.3, 0.4) is 0 Å². The van der Waals surface area contributed by atoms with Crippen molar-refractivity contribution in [2.45, 2.75) is 32.1 Å². The molecule has 0 saturated carbocycles. The summed E-state index contributed by atoms with van der Waals surface area (Å²) in [6, 6.07) is 14.6. The highest BCUT2D eigenvalue weighted by Gasteiger charge is 2.10. The van der Waals surface area contributed by atoms with E-state index in [4.69, 9.17) is 5.11 Å². The summed E-state index contributed by atoms with van der Waals surface area (Å²) in [5, 5.41) is 8.79. The van der Waals surface area contributed by atoms with Gasteiger partial charge < -0.3 is 5.11 Å². The molecule has 0 saturated heterocycles. The first-order chi connectivity index (χ1) is 9.72. The lowest BCUT2D eigenvalue weighted by Crippen LogP contribution is -2.02. The van der Waals surface area contributed by atoms with Crippen LogP contribution in [0.5, 0.6) is 0 Å². The van der Waals surface area contributed by atoms with Gasteiger partial charge in [-0.1, -0.05) is 42.5 Å². The molecule has 0 aromatic heterocycles. The number of hydrogen-bond acceptors (Lipinski definition) is 1. The van der Waals surface area contributed by atoms with Gasteiger partial charge in [-0.3, -0.25) is 4.79 Å². The summed E-state index contributed by atoms with van der Waals surface area (Å²) in [5.74, 6) is -0.786. The third-order valence-corrected chi connectivity index (χ3v) is 3.99. The summed E-state index contributed by atoms with van der Waals surface area (Å²) in [7, 11) is 0. The van der Waals surface area contributed by atoms with Crippen molar-refractivity contribution in [3.05, 3.63) is 59.2 Å². The van der Waals surface area contributed by atoms with Gasteiger partial charge in [0.2, 0.25) is 0 Å². The van der Waals surface area contributed by atoms with Gasteiger partial charge in [-0.05, 0) is 53.5 Å². The Kier molecular flexibility index (Phi) is 3.55. The molecule has 2 aromatic carbocycles. The third kappa shape index (κ3) is 2.74. The molecule has 2 nitrogen and oxygen atoms in total. The molecule has 3 rings (SSSR count). The molecule has 2 aromatic rings. The van der Waals surface area contributed by atoms with Gasteiger partial charge in [0.1, 0.15) is 0 Å². The van der Waals surface area contributed by atoms with E-state index in [1.165, 1.54) is 42.4 Å². The van der Waals surface area contributed by atoms with E-state index >= 15 is 0 Å². The molecule has 0 spiro atoms. The molecule has 2 heteroatoms. The molecule has 0 radical (unpaired) electrons. The van der Waals surface area contributed by atoms with Crippen LogP contribution >= 0.6 is 0 Å². The Bertz CT molecular complexity index is 626. The lowest BCUT2D eigenvalue weighted by molar-refractivity contribution is -0.136. The Morgan fingerprint density at radius 2 is 1.55 bits per heavy atom. The predicted octanol–water partition coefficient (Wildman–Crippen LogP) is 3.86. The minimum Gasteiger partial charge on any atom is -0.481 e. The highest BCUT2D eigenvalue weighted by Crippen LogP contribution is 2.27. The Morgan fingerprint density at radius 3 is 2.25 bits per heavy atom. The van der Waals surface area contributed by atoms with Crippen molar-refractivity contribution in [3.8, 4) is 11.1 Å². The second-order valence-electron chi connectivity index (χ2n) is 5.46. The van der Waals surface area contributed by atoms with Crippen LogP contribution in [0.25, 0.3) is 11.1 Å². The molecule has 0 fully saturated rings. The lowest BCUT2D eigenvalue weighted by atomic mass is 9.89. The summed E-state index contributed by atoms with van der Waals surface area (Å²) in [4.78, 5) is 10.7. The summed E-state index contributed by atoms with van der Waals surface area (Å²) in [6.45, 7) is 0. The summed E-state index contributed by atoms with van der Waals surface area (Å²) < 4.78 is 0. The highest BCUT2D eigenvalue weighted by atomic mass is 16.4. The fraction of sp³-hybridized carbons (Fsp3) is 0.278. The van der Waals surface area contributed by atoms with Gasteiger partial charge in [0.05, 0.1) is 6.42 Å². The number of hydrogen-bond donors (Lipinski definition) is 1. The normalized spacial score (nSPS) is 13.8. The van der Waals surface area contributed by atoms with Gasteiger partial charge in [-0.15, -0.1) is 0 Å². The van der Waals surface area contributed by atoms with E-state index < -0.39 is 5.97 Å². The van der Waals surface area contributed by atoms with Crippen molar-refractivity contribution < 1.29 is 9.90 Å². The first-order valence-electron chi connectivity index (χ1n) is 7.15. The van der Waals surface area contributed by atoms with E-state index in [9.17, 15) is 4.79 Å². The van der Waals surface area contributed by atoms with E-state index in [-0.39, 0.29) is 6.42 Å². The van der Waals surface area contributed by atoms with Crippen LogP contribution in [-0.4, -0.2) is 11.1 Å². The molecule has 0 atom stereocenters.